The molecule has 2 aromatic rings. The van der Waals surface area contributed by atoms with Crippen LogP contribution >= 0.6 is 0 Å². The molecule has 0 aromatic carbocycles. The van der Waals surface area contributed by atoms with Crippen LogP contribution in [0.1, 0.15) is 12.8 Å². The van der Waals surface area contributed by atoms with Crippen molar-refractivity contribution in [1.82, 2.24) is 25.3 Å². The van der Waals surface area contributed by atoms with Gasteiger partial charge >= 0.3 is 0 Å². The number of piperidine rings is 1. The van der Waals surface area contributed by atoms with Gasteiger partial charge in [0.2, 0.25) is 0 Å². The summed E-state index contributed by atoms with van der Waals surface area (Å²) in [6, 6.07) is 3.70. The Balaban J connectivity index is 1.92. The molecule has 0 amide bonds. The van der Waals surface area contributed by atoms with E-state index in [-0.39, 0.29) is 6.10 Å². The van der Waals surface area contributed by atoms with E-state index in [4.69, 9.17) is 0 Å². The third-order valence-corrected chi connectivity index (χ3v) is 2.78. The largest absolute Gasteiger partial charge is 0.391 e. The second-order valence-electron chi connectivity index (χ2n) is 3.96. The minimum absolute atomic E-state index is 0.264. The van der Waals surface area contributed by atoms with E-state index in [9.17, 15) is 5.11 Å². The minimum Gasteiger partial charge on any atom is -0.391 e. The van der Waals surface area contributed by atoms with Crippen LogP contribution in [0.15, 0.2) is 12.1 Å². The zero-order valence-corrected chi connectivity index (χ0v) is 8.69. The summed E-state index contributed by atoms with van der Waals surface area (Å²) in [6.07, 6.45) is 1.58. The maximum atomic E-state index is 9.60. The number of nitrogens with zero attached hydrogens (tertiary/aromatic N) is 6. The van der Waals surface area contributed by atoms with E-state index in [2.05, 4.69) is 25.5 Å². The van der Waals surface area contributed by atoms with Gasteiger partial charge in [-0.15, -0.1) is 14.8 Å². The molecule has 2 aromatic heterocycles. The summed E-state index contributed by atoms with van der Waals surface area (Å²) in [7, 11) is 0. The molecule has 16 heavy (non-hydrogen) atoms. The molecule has 1 N–H and O–H groups in total. The average molecular weight is 220 g/mol. The van der Waals surface area contributed by atoms with E-state index in [1.165, 1.54) is 4.63 Å². The Morgan fingerprint density at radius 3 is 3.19 bits per heavy atom. The van der Waals surface area contributed by atoms with Gasteiger partial charge in [-0.05, 0) is 35.4 Å². The van der Waals surface area contributed by atoms with E-state index >= 15 is 0 Å². The molecule has 0 spiro atoms. The maximum Gasteiger partial charge on any atom is 0.200 e. The summed E-state index contributed by atoms with van der Waals surface area (Å²) in [5, 5.41) is 25.0. The summed E-state index contributed by atoms with van der Waals surface area (Å²) in [5.74, 6) is 0.804. The Hall–Kier alpha value is -1.76. The first-order chi connectivity index (χ1) is 7.83. The van der Waals surface area contributed by atoms with E-state index in [0.717, 1.165) is 25.2 Å². The highest BCUT2D eigenvalue weighted by molar-refractivity contribution is 5.44. The highest BCUT2D eigenvalue weighted by Gasteiger charge is 2.19. The van der Waals surface area contributed by atoms with Crippen molar-refractivity contribution in [2.45, 2.75) is 18.9 Å². The molecular formula is C9H12N6O. The normalized spacial score (nSPS) is 21.6. The predicted octanol–water partition coefficient (Wildman–Crippen LogP) is -0.520. The second-order valence-corrected chi connectivity index (χ2v) is 3.96. The van der Waals surface area contributed by atoms with E-state index in [1.54, 1.807) is 0 Å². The SMILES string of the molecule is O[C@H]1CCCN(c2ccc3nnnn3n2)C1. The van der Waals surface area contributed by atoms with E-state index < -0.39 is 0 Å². The Bertz CT molecular complexity index is 497. The van der Waals surface area contributed by atoms with Gasteiger partial charge in [-0.3, -0.25) is 0 Å². The summed E-state index contributed by atoms with van der Waals surface area (Å²) in [6.45, 7) is 1.54. The molecule has 7 nitrogen and oxygen atoms in total. The number of aliphatic hydroxyl groups excluding tert-OH is 1. The van der Waals surface area contributed by atoms with Crippen LogP contribution in [-0.2, 0) is 0 Å². The van der Waals surface area contributed by atoms with Crippen molar-refractivity contribution >= 4 is 11.5 Å². The van der Waals surface area contributed by atoms with Crippen LogP contribution in [0.3, 0.4) is 0 Å². The molecule has 1 aliphatic rings. The molecule has 84 valence electrons. The molecule has 0 saturated carbocycles. The van der Waals surface area contributed by atoms with Crippen LogP contribution in [0.4, 0.5) is 5.82 Å². The summed E-state index contributed by atoms with van der Waals surface area (Å²) >= 11 is 0. The number of rotatable bonds is 1. The fourth-order valence-corrected chi connectivity index (χ4v) is 1.97. The number of tetrazole rings is 1. The van der Waals surface area contributed by atoms with Crippen molar-refractivity contribution in [2.75, 3.05) is 18.0 Å². The first-order valence-electron chi connectivity index (χ1n) is 5.31. The number of hydrogen-bond donors (Lipinski definition) is 1. The molecule has 1 atom stereocenters. The average Bonchev–Trinajstić information content (AvgIpc) is 2.75. The molecule has 0 radical (unpaired) electrons. The van der Waals surface area contributed by atoms with E-state index in [1.807, 2.05) is 12.1 Å². The zero-order valence-electron chi connectivity index (χ0n) is 8.69. The van der Waals surface area contributed by atoms with Crippen molar-refractivity contribution in [2.24, 2.45) is 0 Å². The van der Waals surface area contributed by atoms with Gasteiger partial charge in [-0.1, -0.05) is 0 Å². The molecule has 1 aliphatic heterocycles. The lowest BCUT2D eigenvalue weighted by Gasteiger charge is -2.30. The van der Waals surface area contributed by atoms with E-state index in [0.29, 0.717) is 12.2 Å². The van der Waals surface area contributed by atoms with Gasteiger partial charge < -0.3 is 10.0 Å². The number of β-amino-alcohol motifs (C(OH)–C–C–N with tert-alkyl or cyclic N) is 1. The standard InChI is InChI=1S/C9H12N6O/c16-7-2-1-5-14(6-7)9-4-3-8-10-12-13-15(8)11-9/h3-4,7,16H,1-2,5-6H2/t7-/m0/s1. The molecule has 1 saturated heterocycles. The molecule has 1 fully saturated rings. The Morgan fingerprint density at radius 2 is 2.31 bits per heavy atom. The lowest BCUT2D eigenvalue weighted by atomic mass is 10.1. The second kappa shape index (κ2) is 3.67. The number of anilines is 1. The summed E-state index contributed by atoms with van der Waals surface area (Å²) in [5.41, 5.74) is 0.626. The summed E-state index contributed by atoms with van der Waals surface area (Å²) < 4.78 is 1.40. The topological polar surface area (TPSA) is 79.4 Å². The van der Waals surface area contributed by atoms with Crippen LogP contribution in [0.2, 0.25) is 0 Å². The van der Waals surface area contributed by atoms with Crippen molar-refractivity contribution in [3.8, 4) is 0 Å². The van der Waals surface area contributed by atoms with Crippen molar-refractivity contribution in [1.29, 1.82) is 0 Å². The number of aromatic nitrogens is 5. The van der Waals surface area contributed by atoms with Gasteiger partial charge in [0, 0.05) is 13.1 Å². The monoisotopic (exact) mass is 220 g/mol. The van der Waals surface area contributed by atoms with Crippen LogP contribution in [0.5, 0.6) is 0 Å². The van der Waals surface area contributed by atoms with Gasteiger partial charge in [-0.25, -0.2) is 0 Å². The summed E-state index contributed by atoms with van der Waals surface area (Å²) in [4.78, 5) is 2.05. The Morgan fingerprint density at radius 1 is 1.38 bits per heavy atom. The van der Waals surface area contributed by atoms with Crippen molar-refractivity contribution < 1.29 is 5.11 Å². The van der Waals surface area contributed by atoms with Crippen LogP contribution in [-0.4, -0.2) is 49.6 Å². The molecule has 0 bridgehead atoms. The number of aliphatic hydroxyl groups is 1. The fraction of sp³-hybridized carbons (Fsp3) is 0.556. The zero-order chi connectivity index (χ0) is 11.0. The maximum absolute atomic E-state index is 9.60. The van der Waals surface area contributed by atoms with Gasteiger partial charge in [0.15, 0.2) is 11.5 Å². The number of hydrogen-bond acceptors (Lipinski definition) is 6. The predicted molar refractivity (Wildman–Crippen MR) is 56.0 cm³/mol. The van der Waals surface area contributed by atoms with Gasteiger partial charge in [0.25, 0.3) is 0 Å². The first kappa shape index (κ1) is 9.46. The third kappa shape index (κ3) is 1.58. The molecule has 0 aliphatic carbocycles. The Kier molecular flexibility index (Phi) is 2.17. The van der Waals surface area contributed by atoms with Crippen molar-refractivity contribution in [3.63, 3.8) is 0 Å². The van der Waals surface area contributed by atoms with Crippen molar-refractivity contribution in [3.05, 3.63) is 12.1 Å². The lowest BCUT2D eigenvalue weighted by molar-refractivity contribution is 0.153. The molecule has 3 heterocycles. The van der Waals surface area contributed by atoms with Gasteiger partial charge in [0.05, 0.1) is 6.10 Å². The third-order valence-electron chi connectivity index (χ3n) is 2.78. The fourth-order valence-electron chi connectivity index (χ4n) is 1.97. The minimum atomic E-state index is -0.264. The smallest absolute Gasteiger partial charge is 0.200 e. The quantitative estimate of drug-likeness (QED) is 0.696. The van der Waals surface area contributed by atoms with Crippen LogP contribution in [0.25, 0.3) is 5.65 Å². The molecule has 3 rings (SSSR count). The first-order valence-corrected chi connectivity index (χ1v) is 5.31. The molecular weight excluding hydrogens is 208 g/mol. The van der Waals surface area contributed by atoms with Crippen LogP contribution in [0, 0.1) is 0 Å². The lowest BCUT2D eigenvalue weighted by Crippen LogP contribution is -2.38. The number of fused-ring (bicyclic) bond motifs is 1. The molecule has 0 unspecified atom stereocenters. The van der Waals surface area contributed by atoms with Gasteiger partial charge in [-0.2, -0.15) is 0 Å². The van der Waals surface area contributed by atoms with Crippen LogP contribution < -0.4 is 4.90 Å². The molecule has 7 heteroatoms. The Labute approximate surface area is 91.7 Å². The van der Waals surface area contributed by atoms with Gasteiger partial charge in [0.1, 0.15) is 0 Å². The highest BCUT2D eigenvalue weighted by atomic mass is 16.3. The highest BCUT2D eigenvalue weighted by Crippen LogP contribution is 2.17.